The van der Waals surface area contributed by atoms with Crippen molar-refractivity contribution in [2.75, 3.05) is 19.8 Å². The molecule has 1 N–H and O–H groups in total. The van der Waals surface area contributed by atoms with Crippen LogP contribution in [0.5, 0.6) is 0 Å². The highest BCUT2D eigenvalue weighted by atomic mass is 19.1. The molecule has 1 aliphatic rings. The van der Waals surface area contributed by atoms with Gasteiger partial charge in [0, 0.05) is 12.6 Å². The van der Waals surface area contributed by atoms with Crippen LogP contribution in [-0.4, -0.2) is 25.5 Å². The second-order valence-electron chi connectivity index (χ2n) is 5.08. The van der Waals surface area contributed by atoms with Gasteiger partial charge in [0.1, 0.15) is 5.82 Å². The van der Waals surface area contributed by atoms with Crippen molar-refractivity contribution in [3.05, 3.63) is 35.6 Å². The Morgan fingerprint density at radius 2 is 1.89 bits per heavy atom. The zero-order valence-corrected chi connectivity index (χ0v) is 11.6. The number of halogens is 1. The van der Waals surface area contributed by atoms with E-state index in [-0.39, 0.29) is 11.9 Å². The first-order valence-corrected chi connectivity index (χ1v) is 6.90. The predicted molar refractivity (Wildman–Crippen MR) is 72.4 cm³/mol. The van der Waals surface area contributed by atoms with E-state index in [0.29, 0.717) is 6.54 Å². The molecule has 0 aromatic heterocycles. The molecule has 1 atom stereocenters. The molecule has 0 amide bonds. The molecule has 1 fully saturated rings. The molecular formula is C15H22FNO2. The van der Waals surface area contributed by atoms with E-state index in [4.69, 9.17) is 9.47 Å². The minimum atomic E-state index is -0.550. The zero-order valence-electron chi connectivity index (χ0n) is 11.6. The monoisotopic (exact) mass is 267 g/mol. The maximum absolute atomic E-state index is 12.9. The second kappa shape index (κ2) is 6.46. The first-order chi connectivity index (χ1) is 9.13. The molecule has 0 saturated carbocycles. The van der Waals surface area contributed by atoms with Crippen LogP contribution in [0.4, 0.5) is 4.39 Å². The molecule has 1 aliphatic heterocycles. The average Bonchev–Trinajstić information content (AvgIpc) is 2.42. The number of hydrogen-bond acceptors (Lipinski definition) is 3. The number of rotatable bonds is 5. The highest BCUT2D eigenvalue weighted by Crippen LogP contribution is 2.21. The van der Waals surface area contributed by atoms with E-state index in [1.165, 1.54) is 12.1 Å². The predicted octanol–water partition coefficient (Wildman–Crippen LogP) is 3.02. The highest BCUT2D eigenvalue weighted by Gasteiger charge is 2.29. The summed E-state index contributed by atoms with van der Waals surface area (Å²) in [4.78, 5) is 0. The van der Waals surface area contributed by atoms with Gasteiger partial charge in [-0.2, -0.15) is 0 Å². The summed E-state index contributed by atoms with van der Waals surface area (Å²) in [6, 6.07) is 6.82. The van der Waals surface area contributed by atoms with Crippen LogP contribution in [0.3, 0.4) is 0 Å². The van der Waals surface area contributed by atoms with E-state index in [2.05, 4.69) is 12.2 Å². The third-order valence-electron chi connectivity index (χ3n) is 3.45. The summed E-state index contributed by atoms with van der Waals surface area (Å²) in [6.07, 6.45) is 1.88. The van der Waals surface area contributed by atoms with Crippen LogP contribution < -0.4 is 5.32 Å². The van der Waals surface area contributed by atoms with Gasteiger partial charge >= 0.3 is 0 Å². The summed E-state index contributed by atoms with van der Waals surface area (Å²) in [5.41, 5.74) is 1.09. The van der Waals surface area contributed by atoms with Gasteiger partial charge in [-0.05, 0) is 37.5 Å². The van der Waals surface area contributed by atoms with E-state index >= 15 is 0 Å². The van der Waals surface area contributed by atoms with Crippen LogP contribution in [0.15, 0.2) is 24.3 Å². The van der Waals surface area contributed by atoms with E-state index < -0.39 is 5.79 Å². The van der Waals surface area contributed by atoms with Crippen molar-refractivity contribution in [1.29, 1.82) is 0 Å². The number of ether oxygens (including phenoxy) is 2. The van der Waals surface area contributed by atoms with Gasteiger partial charge in [-0.25, -0.2) is 4.39 Å². The van der Waals surface area contributed by atoms with E-state index in [0.717, 1.165) is 31.6 Å². The van der Waals surface area contributed by atoms with Crippen molar-refractivity contribution < 1.29 is 13.9 Å². The van der Waals surface area contributed by atoms with Crippen molar-refractivity contribution in [2.45, 2.75) is 38.5 Å². The number of benzene rings is 1. The molecule has 1 aromatic rings. The Kier molecular flexibility index (Phi) is 4.91. The Balaban J connectivity index is 1.93. The molecule has 2 rings (SSSR count). The fraction of sp³-hybridized carbons (Fsp3) is 0.600. The molecule has 0 bridgehead atoms. The second-order valence-corrected chi connectivity index (χ2v) is 5.08. The van der Waals surface area contributed by atoms with Gasteiger partial charge in [-0.3, -0.25) is 0 Å². The summed E-state index contributed by atoms with van der Waals surface area (Å²) in [7, 11) is 0. The molecule has 1 saturated heterocycles. The van der Waals surface area contributed by atoms with Gasteiger partial charge in [0.05, 0.1) is 13.2 Å². The Morgan fingerprint density at radius 1 is 1.26 bits per heavy atom. The minimum Gasteiger partial charge on any atom is -0.349 e. The Hall–Kier alpha value is -0.970. The molecule has 0 spiro atoms. The molecule has 1 aromatic carbocycles. The van der Waals surface area contributed by atoms with Crippen LogP contribution in [0.25, 0.3) is 0 Å². The molecule has 19 heavy (non-hydrogen) atoms. The minimum absolute atomic E-state index is 0.187. The van der Waals surface area contributed by atoms with Crippen molar-refractivity contribution in [2.24, 2.45) is 0 Å². The topological polar surface area (TPSA) is 30.5 Å². The molecule has 0 aliphatic carbocycles. The van der Waals surface area contributed by atoms with Gasteiger partial charge < -0.3 is 14.8 Å². The third-order valence-corrected chi connectivity index (χ3v) is 3.45. The van der Waals surface area contributed by atoms with Crippen molar-refractivity contribution in [1.82, 2.24) is 5.32 Å². The first-order valence-electron chi connectivity index (χ1n) is 6.90. The normalized spacial score (nSPS) is 20.2. The lowest BCUT2D eigenvalue weighted by molar-refractivity contribution is -0.252. The summed E-state index contributed by atoms with van der Waals surface area (Å²) >= 11 is 0. The summed E-state index contributed by atoms with van der Waals surface area (Å²) in [5, 5.41) is 3.44. The molecular weight excluding hydrogens is 245 g/mol. The summed E-state index contributed by atoms with van der Waals surface area (Å²) in [6.45, 7) is 6.17. The highest BCUT2D eigenvalue weighted by molar-refractivity contribution is 5.19. The first kappa shape index (κ1) is 14.4. The van der Waals surface area contributed by atoms with Crippen molar-refractivity contribution >= 4 is 0 Å². The van der Waals surface area contributed by atoms with Gasteiger partial charge in [-0.15, -0.1) is 0 Å². The zero-order chi connectivity index (χ0) is 13.7. The molecule has 4 heteroatoms. The average molecular weight is 267 g/mol. The van der Waals surface area contributed by atoms with E-state index in [1.807, 2.05) is 19.1 Å². The molecule has 106 valence electrons. The lowest BCUT2D eigenvalue weighted by atomic mass is 10.0. The third kappa shape index (κ3) is 4.00. The van der Waals surface area contributed by atoms with Crippen LogP contribution in [0.2, 0.25) is 0 Å². The lowest BCUT2D eigenvalue weighted by Gasteiger charge is -2.35. The van der Waals surface area contributed by atoms with Crippen LogP contribution in [0.1, 0.15) is 38.3 Å². The van der Waals surface area contributed by atoms with Crippen LogP contribution >= 0.6 is 0 Å². The largest absolute Gasteiger partial charge is 0.349 e. The molecule has 3 nitrogen and oxygen atoms in total. The van der Waals surface area contributed by atoms with Crippen LogP contribution in [-0.2, 0) is 9.47 Å². The van der Waals surface area contributed by atoms with Crippen molar-refractivity contribution in [3.63, 3.8) is 0 Å². The number of nitrogens with one attached hydrogen (secondary N) is 1. The molecule has 1 heterocycles. The maximum atomic E-state index is 12.9. The maximum Gasteiger partial charge on any atom is 0.177 e. The van der Waals surface area contributed by atoms with Gasteiger partial charge in [0.25, 0.3) is 0 Å². The quantitative estimate of drug-likeness (QED) is 0.889. The Bertz CT molecular complexity index is 388. The smallest absolute Gasteiger partial charge is 0.177 e. The molecule has 0 radical (unpaired) electrons. The summed E-state index contributed by atoms with van der Waals surface area (Å²) < 4.78 is 24.3. The lowest BCUT2D eigenvalue weighted by Crippen LogP contribution is -2.46. The van der Waals surface area contributed by atoms with Gasteiger partial charge in [-0.1, -0.05) is 19.1 Å². The Labute approximate surface area is 114 Å². The van der Waals surface area contributed by atoms with E-state index in [9.17, 15) is 4.39 Å². The van der Waals surface area contributed by atoms with Gasteiger partial charge in [0.15, 0.2) is 5.79 Å². The SMILES string of the molecule is CC[C@@H](NCC1(C)OCCCO1)c1ccc(F)cc1. The van der Waals surface area contributed by atoms with Crippen molar-refractivity contribution in [3.8, 4) is 0 Å². The van der Waals surface area contributed by atoms with Crippen LogP contribution in [0, 0.1) is 5.82 Å². The fourth-order valence-electron chi connectivity index (χ4n) is 2.28. The fourth-order valence-corrected chi connectivity index (χ4v) is 2.28. The number of hydrogen-bond donors (Lipinski definition) is 1. The summed E-state index contributed by atoms with van der Waals surface area (Å²) in [5.74, 6) is -0.754. The van der Waals surface area contributed by atoms with Gasteiger partial charge in [0.2, 0.25) is 0 Å². The Morgan fingerprint density at radius 3 is 2.47 bits per heavy atom. The standard InChI is InChI=1S/C15H22FNO2/c1-3-14(12-5-7-13(16)8-6-12)17-11-15(2)18-9-4-10-19-15/h5-8,14,17H,3-4,9-11H2,1-2H3/t14-/m1/s1. The molecule has 0 unspecified atom stereocenters. The van der Waals surface area contributed by atoms with E-state index in [1.54, 1.807) is 0 Å².